The van der Waals surface area contributed by atoms with Crippen molar-refractivity contribution >= 4 is 29.1 Å². The number of hydrogen-bond acceptors (Lipinski definition) is 3. The maximum Gasteiger partial charge on any atom is 0.259 e. The fourth-order valence-electron chi connectivity index (χ4n) is 1.20. The molecule has 0 aromatic heterocycles. The van der Waals surface area contributed by atoms with Gasteiger partial charge in [-0.1, -0.05) is 11.6 Å². The first-order chi connectivity index (χ1) is 6.09. The SMILES string of the molecule is Nc1cc2c(cc1Cl)C(=O)NC2=O. The van der Waals surface area contributed by atoms with Crippen LogP contribution >= 0.6 is 11.6 Å². The van der Waals surface area contributed by atoms with Crippen LogP contribution in [-0.2, 0) is 0 Å². The summed E-state index contributed by atoms with van der Waals surface area (Å²) in [6.45, 7) is 0. The van der Waals surface area contributed by atoms with Crippen molar-refractivity contribution < 1.29 is 9.59 Å². The molecule has 1 aromatic carbocycles. The van der Waals surface area contributed by atoms with E-state index in [1.165, 1.54) is 12.1 Å². The topological polar surface area (TPSA) is 72.2 Å². The number of halogens is 1. The number of rotatable bonds is 0. The quantitative estimate of drug-likeness (QED) is 0.476. The lowest BCUT2D eigenvalue weighted by Gasteiger charge is -1.99. The Morgan fingerprint density at radius 1 is 1.15 bits per heavy atom. The van der Waals surface area contributed by atoms with Crippen molar-refractivity contribution in [2.24, 2.45) is 0 Å². The van der Waals surface area contributed by atoms with Crippen molar-refractivity contribution in [2.75, 3.05) is 5.73 Å². The van der Waals surface area contributed by atoms with Gasteiger partial charge in [0.1, 0.15) is 0 Å². The van der Waals surface area contributed by atoms with Gasteiger partial charge in [-0.2, -0.15) is 0 Å². The first-order valence-electron chi connectivity index (χ1n) is 3.54. The van der Waals surface area contributed by atoms with Crippen LogP contribution in [0.2, 0.25) is 5.02 Å². The lowest BCUT2D eigenvalue weighted by atomic mass is 10.1. The molecule has 1 aromatic rings. The highest BCUT2D eigenvalue weighted by molar-refractivity contribution is 6.34. The zero-order chi connectivity index (χ0) is 9.59. The van der Waals surface area contributed by atoms with Gasteiger partial charge in [-0.3, -0.25) is 14.9 Å². The highest BCUT2D eigenvalue weighted by Gasteiger charge is 2.27. The molecule has 13 heavy (non-hydrogen) atoms. The Morgan fingerprint density at radius 2 is 1.69 bits per heavy atom. The standard InChI is InChI=1S/C8H5ClN2O2/c9-5-1-3-4(2-6(5)10)8(13)11-7(3)12/h1-2H,10H2,(H,11,12,13). The molecule has 5 heteroatoms. The molecular weight excluding hydrogens is 192 g/mol. The van der Waals surface area contributed by atoms with Gasteiger partial charge in [-0.15, -0.1) is 0 Å². The van der Waals surface area contributed by atoms with Crippen molar-refractivity contribution in [2.45, 2.75) is 0 Å². The van der Waals surface area contributed by atoms with Crippen LogP contribution < -0.4 is 11.1 Å². The summed E-state index contributed by atoms with van der Waals surface area (Å²) >= 11 is 5.69. The van der Waals surface area contributed by atoms with Gasteiger partial charge in [0.15, 0.2) is 0 Å². The fourth-order valence-corrected chi connectivity index (χ4v) is 1.37. The second-order valence-electron chi connectivity index (χ2n) is 2.70. The lowest BCUT2D eigenvalue weighted by Crippen LogP contribution is -2.19. The molecule has 0 saturated carbocycles. The Morgan fingerprint density at radius 3 is 2.31 bits per heavy atom. The summed E-state index contributed by atoms with van der Waals surface area (Å²) in [6, 6.07) is 2.80. The summed E-state index contributed by atoms with van der Waals surface area (Å²) in [6.07, 6.45) is 0. The Kier molecular flexibility index (Phi) is 1.53. The molecule has 1 aliphatic rings. The first-order valence-corrected chi connectivity index (χ1v) is 3.92. The molecule has 4 nitrogen and oxygen atoms in total. The van der Waals surface area contributed by atoms with Gasteiger partial charge in [0.2, 0.25) is 0 Å². The number of nitrogens with two attached hydrogens (primary N) is 1. The molecule has 0 saturated heterocycles. The molecule has 0 unspecified atom stereocenters. The van der Waals surface area contributed by atoms with Gasteiger partial charge in [0.25, 0.3) is 11.8 Å². The number of nitrogens with one attached hydrogen (secondary N) is 1. The largest absolute Gasteiger partial charge is 0.398 e. The maximum atomic E-state index is 11.1. The second-order valence-corrected chi connectivity index (χ2v) is 3.11. The van der Waals surface area contributed by atoms with E-state index in [-0.39, 0.29) is 16.1 Å². The Bertz CT molecular complexity index is 389. The highest BCUT2D eigenvalue weighted by atomic mass is 35.5. The van der Waals surface area contributed by atoms with E-state index in [1.54, 1.807) is 0 Å². The summed E-state index contributed by atoms with van der Waals surface area (Å²) in [5, 5.41) is 2.43. The molecule has 0 radical (unpaired) electrons. The molecular formula is C8H5ClN2O2. The molecule has 2 amide bonds. The van der Waals surface area contributed by atoms with Gasteiger partial charge in [-0.05, 0) is 12.1 Å². The van der Waals surface area contributed by atoms with E-state index < -0.39 is 11.8 Å². The molecule has 66 valence electrons. The smallest absolute Gasteiger partial charge is 0.259 e. The average Bonchev–Trinajstić information content (AvgIpc) is 2.31. The van der Waals surface area contributed by atoms with Crippen molar-refractivity contribution in [3.05, 3.63) is 28.3 Å². The van der Waals surface area contributed by atoms with Crippen molar-refractivity contribution in [1.29, 1.82) is 0 Å². The molecule has 3 N–H and O–H groups in total. The summed E-state index contributed by atoms with van der Waals surface area (Å²) in [4.78, 5) is 22.2. The molecule has 0 spiro atoms. The number of fused-ring (bicyclic) bond motifs is 1. The minimum Gasteiger partial charge on any atom is -0.398 e. The number of imide groups is 1. The van der Waals surface area contributed by atoms with Gasteiger partial charge in [0, 0.05) is 0 Å². The third-order valence-electron chi connectivity index (χ3n) is 1.85. The van der Waals surface area contributed by atoms with E-state index in [4.69, 9.17) is 17.3 Å². The van der Waals surface area contributed by atoms with Crippen molar-refractivity contribution in [1.82, 2.24) is 5.32 Å². The number of carbonyl (C=O) groups is 2. The molecule has 0 fully saturated rings. The van der Waals surface area contributed by atoms with Crippen LogP contribution in [0.3, 0.4) is 0 Å². The van der Waals surface area contributed by atoms with E-state index in [9.17, 15) is 9.59 Å². The second kappa shape index (κ2) is 2.47. The normalized spacial score (nSPS) is 14.2. The van der Waals surface area contributed by atoms with E-state index in [0.29, 0.717) is 5.69 Å². The highest BCUT2D eigenvalue weighted by Crippen LogP contribution is 2.26. The Balaban J connectivity index is 2.72. The molecule has 1 heterocycles. The van der Waals surface area contributed by atoms with Crippen molar-refractivity contribution in [3.63, 3.8) is 0 Å². The third kappa shape index (κ3) is 1.07. The van der Waals surface area contributed by atoms with Gasteiger partial charge in [-0.25, -0.2) is 0 Å². The number of benzene rings is 1. The van der Waals surface area contributed by atoms with Gasteiger partial charge in [0.05, 0.1) is 21.8 Å². The van der Waals surface area contributed by atoms with Crippen LogP contribution in [0.4, 0.5) is 5.69 Å². The van der Waals surface area contributed by atoms with E-state index >= 15 is 0 Å². The molecule has 2 rings (SSSR count). The zero-order valence-corrected chi connectivity index (χ0v) is 7.18. The van der Waals surface area contributed by atoms with Crippen LogP contribution in [0.5, 0.6) is 0 Å². The van der Waals surface area contributed by atoms with Crippen LogP contribution in [0.15, 0.2) is 12.1 Å². The van der Waals surface area contributed by atoms with Gasteiger partial charge < -0.3 is 5.73 Å². The zero-order valence-electron chi connectivity index (χ0n) is 6.43. The van der Waals surface area contributed by atoms with Crippen LogP contribution in [0.25, 0.3) is 0 Å². The molecule has 0 bridgehead atoms. The van der Waals surface area contributed by atoms with E-state index in [1.807, 2.05) is 0 Å². The summed E-state index contributed by atoms with van der Waals surface area (Å²) in [5.74, 6) is -0.856. The Hall–Kier alpha value is -1.55. The first kappa shape index (κ1) is 8.07. The van der Waals surface area contributed by atoms with Gasteiger partial charge >= 0.3 is 0 Å². The van der Waals surface area contributed by atoms with Crippen LogP contribution in [0, 0.1) is 0 Å². The van der Waals surface area contributed by atoms with Crippen LogP contribution in [0.1, 0.15) is 20.7 Å². The third-order valence-corrected chi connectivity index (χ3v) is 2.18. The Labute approximate surface area is 78.7 Å². The summed E-state index contributed by atoms with van der Waals surface area (Å²) in [5.41, 5.74) is 6.34. The average molecular weight is 197 g/mol. The predicted octanol–water partition coefficient (Wildman–Crippen LogP) is 0.806. The molecule has 0 aliphatic carbocycles. The van der Waals surface area contributed by atoms with E-state index in [2.05, 4.69) is 5.32 Å². The predicted molar refractivity (Wildman–Crippen MR) is 47.7 cm³/mol. The molecule has 0 atom stereocenters. The summed E-state index contributed by atoms with van der Waals surface area (Å²) < 4.78 is 0. The monoisotopic (exact) mass is 196 g/mol. The number of nitrogen functional groups attached to an aromatic ring is 1. The molecule has 1 aliphatic heterocycles. The lowest BCUT2D eigenvalue weighted by molar-refractivity contribution is 0.0879. The number of amides is 2. The number of anilines is 1. The summed E-state index contributed by atoms with van der Waals surface area (Å²) in [7, 11) is 0. The maximum absolute atomic E-state index is 11.1. The van der Waals surface area contributed by atoms with Crippen LogP contribution in [-0.4, -0.2) is 11.8 Å². The number of carbonyl (C=O) groups excluding carboxylic acids is 2. The minimum atomic E-state index is -0.429. The minimum absolute atomic E-state index is 0.281. The fraction of sp³-hybridized carbons (Fsp3) is 0. The van der Waals surface area contributed by atoms with Crippen molar-refractivity contribution in [3.8, 4) is 0 Å². The van der Waals surface area contributed by atoms with E-state index in [0.717, 1.165) is 0 Å². The number of hydrogen-bond donors (Lipinski definition) is 2.